The molecule has 0 aliphatic carbocycles. The zero-order chi connectivity index (χ0) is 18.7. The van der Waals surface area contributed by atoms with E-state index in [0.29, 0.717) is 26.1 Å². The van der Waals surface area contributed by atoms with Crippen LogP contribution in [0.4, 0.5) is 13.2 Å². The van der Waals surface area contributed by atoms with Gasteiger partial charge in [0.05, 0.1) is 19.1 Å². The molecule has 1 amide bonds. The molecule has 7 heteroatoms. The van der Waals surface area contributed by atoms with Crippen LogP contribution in [0.2, 0.25) is 0 Å². The van der Waals surface area contributed by atoms with Crippen LogP contribution in [0.15, 0.2) is 18.2 Å². The Balaban J connectivity index is 1.59. The monoisotopic (exact) mass is 370 g/mol. The number of ether oxygens (including phenoxy) is 1. The highest BCUT2D eigenvalue weighted by molar-refractivity contribution is 5.78. The molecular formula is C19H25F3N2O2. The van der Waals surface area contributed by atoms with E-state index in [9.17, 15) is 18.0 Å². The maximum atomic E-state index is 12.9. The second-order valence-corrected chi connectivity index (χ2v) is 7.04. The van der Waals surface area contributed by atoms with Crippen LogP contribution in [-0.4, -0.2) is 54.7 Å². The first kappa shape index (κ1) is 19.0. The summed E-state index contributed by atoms with van der Waals surface area (Å²) in [5.74, 6) is -0.789. The zero-order valence-corrected chi connectivity index (χ0v) is 15.0. The molecule has 144 valence electrons. The van der Waals surface area contributed by atoms with Crippen molar-refractivity contribution < 1.29 is 22.7 Å². The minimum absolute atomic E-state index is 0.116. The van der Waals surface area contributed by atoms with Gasteiger partial charge < -0.3 is 9.64 Å². The van der Waals surface area contributed by atoms with Gasteiger partial charge in [-0.1, -0.05) is 6.07 Å². The third kappa shape index (κ3) is 4.50. The van der Waals surface area contributed by atoms with Crippen molar-refractivity contribution in [3.05, 3.63) is 29.3 Å². The van der Waals surface area contributed by atoms with E-state index in [1.807, 2.05) is 24.0 Å². The van der Waals surface area contributed by atoms with Crippen molar-refractivity contribution >= 4 is 5.91 Å². The molecule has 1 atom stereocenters. The van der Waals surface area contributed by atoms with Gasteiger partial charge in [-0.25, -0.2) is 0 Å². The molecule has 4 nitrogen and oxygen atoms in total. The third-order valence-electron chi connectivity index (χ3n) is 5.18. The molecule has 0 radical (unpaired) electrons. The van der Waals surface area contributed by atoms with Crippen molar-refractivity contribution in [3.8, 4) is 5.75 Å². The molecule has 2 heterocycles. The van der Waals surface area contributed by atoms with E-state index < -0.39 is 12.1 Å². The van der Waals surface area contributed by atoms with Crippen LogP contribution >= 0.6 is 0 Å². The maximum absolute atomic E-state index is 12.9. The smallest absolute Gasteiger partial charge is 0.393 e. The Hall–Kier alpha value is -1.76. The number of piperidine rings is 1. The molecule has 0 aromatic heterocycles. The average Bonchev–Trinajstić information content (AvgIpc) is 2.61. The first-order chi connectivity index (χ1) is 12.4. The van der Waals surface area contributed by atoms with Crippen molar-refractivity contribution in [2.24, 2.45) is 5.92 Å². The Morgan fingerprint density at radius 3 is 2.81 bits per heavy atom. The topological polar surface area (TPSA) is 32.8 Å². The largest absolute Gasteiger partial charge is 0.494 e. The summed E-state index contributed by atoms with van der Waals surface area (Å²) in [7, 11) is 0. The maximum Gasteiger partial charge on any atom is 0.393 e. The number of amides is 1. The number of nitrogens with zero attached hydrogens (tertiary/aromatic N) is 2. The molecular weight excluding hydrogens is 345 g/mol. The number of hydrogen-bond acceptors (Lipinski definition) is 3. The van der Waals surface area contributed by atoms with E-state index in [2.05, 4.69) is 6.07 Å². The van der Waals surface area contributed by atoms with Crippen LogP contribution in [0.5, 0.6) is 5.75 Å². The molecule has 0 bridgehead atoms. The number of halogens is 3. The number of benzene rings is 1. The van der Waals surface area contributed by atoms with Gasteiger partial charge in [0, 0.05) is 26.2 Å². The van der Waals surface area contributed by atoms with Crippen LogP contribution in [0.1, 0.15) is 30.9 Å². The summed E-state index contributed by atoms with van der Waals surface area (Å²) in [6.45, 7) is 4.27. The van der Waals surface area contributed by atoms with Gasteiger partial charge in [-0.05, 0) is 49.4 Å². The van der Waals surface area contributed by atoms with E-state index in [1.54, 1.807) is 0 Å². The summed E-state index contributed by atoms with van der Waals surface area (Å²) in [5.41, 5.74) is 2.37. The molecule has 1 aromatic rings. The van der Waals surface area contributed by atoms with E-state index >= 15 is 0 Å². The van der Waals surface area contributed by atoms with Gasteiger partial charge in [-0.3, -0.25) is 9.69 Å². The second kappa shape index (κ2) is 7.86. The number of fused-ring (bicyclic) bond motifs is 1. The Morgan fingerprint density at radius 2 is 2.08 bits per heavy atom. The van der Waals surface area contributed by atoms with Crippen molar-refractivity contribution in [2.45, 2.75) is 38.9 Å². The Labute approximate surface area is 151 Å². The summed E-state index contributed by atoms with van der Waals surface area (Å²) < 4.78 is 44.4. The Kier molecular flexibility index (Phi) is 5.75. The normalized spacial score (nSPS) is 21.4. The lowest BCUT2D eigenvalue weighted by Gasteiger charge is -2.36. The molecule has 0 N–H and O–H groups in total. The van der Waals surface area contributed by atoms with Crippen LogP contribution < -0.4 is 4.74 Å². The summed E-state index contributed by atoms with van der Waals surface area (Å²) in [4.78, 5) is 15.9. The lowest BCUT2D eigenvalue weighted by Crippen LogP contribution is -2.48. The summed E-state index contributed by atoms with van der Waals surface area (Å²) in [6.07, 6.45) is -2.86. The van der Waals surface area contributed by atoms with E-state index in [4.69, 9.17) is 4.74 Å². The van der Waals surface area contributed by atoms with Crippen molar-refractivity contribution in [1.82, 2.24) is 9.80 Å². The predicted octanol–water partition coefficient (Wildman–Crippen LogP) is 3.24. The van der Waals surface area contributed by atoms with Gasteiger partial charge in [0.15, 0.2) is 0 Å². The highest BCUT2D eigenvalue weighted by Crippen LogP contribution is 2.33. The molecule has 2 aliphatic heterocycles. The molecule has 26 heavy (non-hydrogen) atoms. The first-order valence-corrected chi connectivity index (χ1v) is 9.18. The van der Waals surface area contributed by atoms with Crippen LogP contribution in [-0.2, 0) is 17.8 Å². The Bertz CT molecular complexity index is 648. The number of carbonyl (C=O) groups excluding carboxylic acids is 1. The third-order valence-corrected chi connectivity index (χ3v) is 5.18. The van der Waals surface area contributed by atoms with Gasteiger partial charge >= 0.3 is 6.18 Å². The van der Waals surface area contributed by atoms with Crippen molar-refractivity contribution in [3.63, 3.8) is 0 Å². The SMILES string of the molecule is CCOc1ccc2c(c1)CN(CC(=O)N1CCCC(C(F)(F)F)C1)CC2. The lowest BCUT2D eigenvalue weighted by molar-refractivity contribution is -0.188. The van der Waals surface area contributed by atoms with E-state index in [-0.39, 0.29) is 25.4 Å². The van der Waals surface area contributed by atoms with Crippen molar-refractivity contribution in [2.75, 3.05) is 32.8 Å². The fourth-order valence-electron chi connectivity index (χ4n) is 3.75. The standard InChI is InChI=1S/C19H25F3N2O2/c1-2-26-17-6-5-14-7-9-23(11-15(14)10-17)13-18(25)24-8-3-4-16(12-24)19(20,21)22/h5-6,10,16H,2-4,7-9,11-13H2,1H3. The van der Waals surface area contributed by atoms with E-state index in [1.165, 1.54) is 10.5 Å². The fourth-order valence-corrected chi connectivity index (χ4v) is 3.75. The predicted molar refractivity (Wildman–Crippen MR) is 92.0 cm³/mol. The molecule has 1 unspecified atom stereocenters. The van der Waals surface area contributed by atoms with Crippen molar-refractivity contribution in [1.29, 1.82) is 0 Å². The number of likely N-dealkylation sites (tertiary alicyclic amines) is 1. The van der Waals surface area contributed by atoms with Gasteiger partial charge in [-0.2, -0.15) is 13.2 Å². The van der Waals surface area contributed by atoms with E-state index in [0.717, 1.165) is 24.3 Å². The number of alkyl halides is 3. The first-order valence-electron chi connectivity index (χ1n) is 9.18. The van der Waals surface area contributed by atoms with Gasteiger partial charge in [0.25, 0.3) is 0 Å². The summed E-state index contributed by atoms with van der Waals surface area (Å²) >= 11 is 0. The Morgan fingerprint density at radius 1 is 1.27 bits per heavy atom. The summed E-state index contributed by atoms with van der Waals surface area (Å²) in [5, 5.41) is 0. The molecule has 1 aromatic carbocycles. The van der Waals surface area contributed by atoms with Gasteiger partial charge in [-0.15, -0.1) is 0 Å². The molecule has 0 saturated carbocycles. The fraction of sp³-hybridized carbons (Fsp3) is 0.632. The van der Waals surface area contributed by atoms with Crippen LogP contribution in [0, 0.1) is 5.92 Å². The number of hydrogen-bond donors (Lipinski definition) is 0. The lowest BCUT2D eigenvalue weighted by atomic mass is 9.97. The quantitative estimate of drug-likeness (QED) is 0.816. The van der Waals surface area contributed by atoms with Crippen LogP contribution in [0.25, 0.3) is 0 Å². The summed E-state index contributed by atoms with van der Waals surface area (Å²) in [6, 6.07) is 6.00. The highest BCUT2D eigenvalue weighted by Gasteiger charge is 2.42. The number of rotatable bonds is 4. The average molecular weight is 370 g/mol. The second-order valence-electron chi connectivity index (χ2n) is 7.04. The number of carbonyl (C=O) groups is 1. The van der Waals surface area contributed by atoms with Crippen LogP contribution in [0.3, 0.4) is 0 Å². The van der Waals surface area contributed by atoms with Gasteiger partial charge in [0.1, 0.15) is 5.75 Å². The highest BCUT2D eigenvalue weighted by atomic mass is 19.4. The molecule has 0 spiro atoms. The molecule has 1 fully saturated rings. The van der Waals surface area contributed by atoms with Gasteiger partial charge in [0.2, 0.25) is 5.91 Å². The molecule has 1 saturated heterocycles. The minimum Gasteiger partial charge on any atom is -0.494 e. The molecule has 2 aliphatic rings. The minimum atomic E-state index is -4.22. The molecule has 3 rings (SSSR count). The zero-order valence-electron chi connectivity index (χ0n) is 15.0.